The molecule has 1 aromatic carbocycles. The van der Waals surface area contributed by atoms with Crippen LogP contribution in [0.2, 0.25) is 0 Å². The maximum absolute atomic E-state index is 12.3. The Balaban J connectivity index is 1.74. The molecule has 0 unspecified atom stereocenters. The van der Waals surface area contributed by atoms with Gasteiger partial charge in [-0.05, 0) is 75.7 Å². The van der Waals surface area contributed by atoms with Crippen molar-refractivity contribution in [2.24, 2.45) is 5.92 Å². The molecule has 1 aliphatic heterocycles. The summed E-state index contributed by atoms with van der Waals surface area (Å²) in [7, 11) is -3.40. The molecule has 1 atom stereocenters. The molecule has 2 rings (SSSR count). The van der Waals surface area contributed by atoms with Gasteiger partial charge in [0.25, 0.3) is 0 Å². The van der Waals surface area contributed by atoms with E-state index in [2.05, 4.69) is 17.1 Å². The predicted octanol–water partition coefficient (Wildman–Crippen LogP) is 3.09. The molecule has 1 aliphatic rings. The average Bonchev–Trinajstić information content (AvgIpc) is 2.64. The van der Waals surface area contributed by atoms with E-state index < -0.39 is 10.0 Å². The van der Waals surface area contributed by atoms with Gasteiger partial charge in [-0.1, -0.05) is 19.1 Å². The zero-order chi connectivity index (χ0) is 21.4. The first-order valence-electron chi connectivity index (χ1n) is 10.7. The molecule has 0 saturated carbocycles. The first-order valence-corrected chi connectivity index (χ1v) is 12.6. The van der Waals surface area contributed by atoms with E-state index in [0.29, 0.717) is 31.6 Å². The van der Waals surface area contributed by atoms with Crippen LogP contribution in [-0.2, 0) is 14.8 Å². The van der Waals surface area contributed by atoms with Crippen molar-refractivity contribution in [2.75, 3.05) is 43.3 Å². The quantitative estimate of drug-likeness (QED) is 0.587. The third-order valence-corrected chi connectivity index (χ3v) is 6.90. The van der Waals surface area contributed by atoms with Gasteiger partial charge in [-0.25, -0.2) is 8.42 Å². The van der Waals surface area contributed by atoms with E-state index in [-0.39, 0.29) is 5.91 Å². The number of anilines is 1. The largest absolute Gasteiger partial charge is 0.356 e. The van der Waals surface area contributed by atoms with E-state index in [1.54, 1.807) is 0 Å². The van der Waals surface area contributed by atoms with Crippen molar-refractivity contribution in [3.63, 3.8) is 0 Å². The minimum Gasteiger partial charge on any atom is -0.356 e. The van der Waals surface area contributed by atoms with Crippen LogP contribution in [-0.4, -0.2) is 58.2 Å². The highest BCUT2D eigenvalue weighted by atomic mass is 32.2. The fourth-order valence-corrected chi connectivity index (χ4v) is 4.98. The Morgan fingerprint density at radius 2 is 2.03 bits per heavy atom. The monoisotopic (exact) mass is 423 g/mol. The number of nitrogens with zero attached hydrogens (tertiary/aromatic N) is 2. The molecule has 0 radical (unpaired) electrons. The zero-order valence-corrected chi connectivity index (χ0v) is 19.2. The predicted molar refractivity (Wildman–Crippen MR) is 120 cm³/mol. The molecule has 0 aliphatic carbocycles. The molecule has 1 heterocycles. The van der Waals surface area contributed by atoms with Crippen molar-refractivity contribution in [3.8, 4) is 0 Å². The Kier molecular flexibility index (Phi) is 8.96. The number of carbonyl (C=O) groups is 1. The van der Waals surface area contributed by atoms with Gasteiger partial charge in [0.15, 0.2) is 0 Å². The lowest BCUT2D eigenvalue weighted by Crippen LogP contribution is -2.36. The van der Waals surface area contributed by atoms with E-state index in [1.807, 2.05) is 32.0 Å². The molecule has 1 fully saturated rings. The Bertz CT molecular complexity index is 780. The van der Waals surface area contributed by atoms with Crippen LogP contribution >= 0.6 is 0 Å². The molecule has 1 saturated heterocycles. The number of likely N-dealkylation sites (tertiary alicyclic amines) is 1. The number of sulfonamides is 1. The fourth-order valence-electron chi connectivity index (χ4n) is 3.96. The van der Waals surface area contributed by atoms with Gasteiger partial charge in [0.05, 0.1) is 11.9 Å². The fraction of sp³-hybridized carbons (Fsp3) is 0.682. The molecule has 164 valence electrons. The first kappa shape index (κ1) is 23.7. The molecule has 1 N–H and O–H groups in total. The number of carbonyl (C=O) groups excluding carboxylic acids is 1. The SMILES string of the molecule is Cc1cccc(N(CCCC(=O)NCCCN2CCC[C@H](C)C2)S(C)(=O)=O)c1C. The number of amides is 1. The number of hydrogen-bond acceptors (Lipinski definition) is 4. The third-order valence-electron chi connectivity index (χ3n) is 5.72. The Morgan fingerprint density at radius 3 is 2.72 bits per heavy atom. The van der Waals surface area contributed by atoms with Crippen molar-refractivity contribution in [1.29, 1.82) is 0 Å². The summed E-state index contributed by atoms with van der Waals surface area (Å²) < 4.78 is 26.0. The number of hydrogen-bond donors (Lipinski definition) is 1. The Hall–Kier alpha value is -1.60. The molecule has 1 amide bonds. The summed E-state index contributed by atoms with van der Waals surface area (Å²) in [6.07, 6.45) is 5.59. The topological polar surface area (TPSA) is 69.7 Å². The molecule has 1 aromatic rings. The van der Waals surface area contributed by atoms with Gasteiger partial charge in [0.1, 0.15) is 0 Å². The van der Waals surface area contributed by atoms with Crippen LogP contribution in [0.1, 0.15) is 50.2 Å². The highest BCUT2D eigenvalue weighted by Crippen LogP contribution is 2.25. The van der Waals surface area contributed by atoms with Gasteiger partial charge < -0.3 is 10.2 Å². The maximum Gasteiger partial charge on any atom is 0.232 e. The molecule has 6 nitrogen and oxygen atoms in total. The van der Waals surface area contributed by atoms with Crippen LogP contribution in [0.15, 0.2) is 18.2 Å². The highest BCUT2D eigenvalue weighted by Gasteiger charge is 2.20. The minimum absolute atomic E-state index is 0.00794. The Labute approximate surface area is 176 Å². The second kappa shape index (κ2) is 11.0. The third kappa shape index (κ3) is 7.63. The zero-order valence-electron chi connectivity index (χ0n) is 18.4. The van der Waals surface area contributed by atoms with Crippen molar-refractivity contribution >= 4 is 21.6 Å². The number of aryl methyl sites for hydroxylation is 1. The van der Waals surface area contributed by atoms with E-state index in [0.717, 1.165) is 43.1 Å². The second-order valence-corrected chi connectivity index (χ2v) is 10.3. The van der Waals surface area contributed by atoms with Crippen molar-refractivity contribution in [1.82, 2.24) is 10.2 Å². The summed E-state index contributed by atoms with van der Waals surface area (Å²) in [4.78, 5) is 14.6. The molecule has 0 spiro atoms. The van der Waals surface area contributed by atoms with Gasteiger partial charge in [-0.3, -0.25) is 9.10 Å². The summed E-state index contributed by atoms with van der Waals surface area (Å²) in [5, 5.41) is 2.97. The molecule has 0 aromatic heterocycles. The van der Waals surface area contributed by atoms with E-state index >= 15 is 0 Å². The maximum atomic E-state index is 12.3. The van der Waals surface area contributed by atoms with Gasteiger partial charge in [0.2, 0.25) is 15.9 Å². The summed E-state index contributed by atoms with van der Waals surface area (Å²) in [6.45, 7) is 10.5. The summed E-state index contributed by atoms with van der Waals surface area (Å²) in [5.41, 5.74) is 2.70. The van der Waals surface area contributed by atoms with Crippen LogP contribution in [0, 0.1) is 19.8 Å². The number of piperidine rings is 1. The minimum atomic E-state index is -3.40. The van der Waals surface area contributed by atoms with Gasteiger partial charge in [0, 0.05) is 26.1 Å². The van der Waals surface area contributed by atoms with E-state index in [4.69, 9.17) is 0 Å². The first-order chi connectivity index (χ1) is 13.7. The second-order valence-electron chi connectivity index (χ2n) is 8.41. The van der Waals surface area contributed by atoms with Gasteiger partial charge in [-0.2, -0.15) is 0 Å². The highest BCUT2D eigenvalue weighted by molar-refractivity contribution is 7.92. The lowest BCUT2D eigenvalue weighted by atomic mass is 10.0. The van der Waals surface area contributed by atoms with Crippen molar-refractivity contribution in [3.05, 3.63) is 29.3 Å². The number of rotatable bonds is 10. The standard InChI is InChI=1S/C22H37N3O3S/c1-18-9-6-14-24(17-18)15-8-13-23-22(26)12-7-16-25(29(4,27)28)21-11-5-10-19(2)20(21)3/h5,10-11,18H,6-9,12-17H2,1-4H3,(H,23,26)/t18-/m0/s1. The van der Waals surface area contributed by atoms with E-state index in [1.165, 1.54) is 23.4 Å². The number of nitrogens with one attached hydrogen (secondary N) is 1. The lowest BCUT2D eigenvalue weighted by Gasteiger charge is -2.30. The van der Waals surface area contributed by atoms with Crippen LogP contribution in [0.5, 0.6) is 0 Å². The van der Waals surface area contributed by atoms with E-state index in [9.17, 15) is 13.2 Å². The molecular weight excluding hydrogens is 386 g/mol. The number of benzene rings is 1. The average molecular weight is 424 g/mol. The summed E-state index contributed by atoms with van der Waals surface area (Å²) in [6, 6.07) is 5.66. The molecule has 0 bridgehead atoms. The van der Waals surface area contributed by atoms with Gasteiger partial charge >= 0.3 is 0 Å². The van der Waals surface area contributed by atoms with Crippen LogP contribution in [0.25, 0.3) is 0 Å². The van der Waals surface area contributed by atoms with Crippen molar-refractivity contribution in [2.45, 2.75) is 52.9 Å². The Morgan fingerprint density at radius 1 is 1.28 bits per heavy atom. The van der Waals surface area contributed by atoms with Crippen molar-refractivity contribution < 1.29 is 13.2 Å². The molecule has 7 heteroatoms. The van der Waals surface area contributed by atoms with Crippen LogP contribution in [0.3, 0.4) is 0 Å². The lowest BCUT2D eigenvalue weighted by molar-refractivity contribution is -0.121. The summed E-state index contributed by atoms with van der Waals surface area (Å²) in [5.74, 6) is 0.764. The summed E-state index contributed by atoms with van der Waals surface area (Å²) >= 11 is 0. The van der Waals surface area contributed by atoms with Gasteiger partial charge in [-0.15, -0.1) is 0 Å². The molecular formula is C22H37N3O3S. The molecule has 29 heavy (non-hydrogen) atoms. The van der Waals surface area contributed by atoms with Crippen LogP contribution in [0.4, 0.5) is 5.69 Å². The normalized spacial score (nSPS) is 17.9. The smallest absolute Gasteiger partial charge is 0.232 e. The van der Waals surface area contributed by atoms with Crippen LogP contribution < -0.4 is 9.62 Å².